The number of rotatable bonds is 4. The van der Waals surface area contributed by atoms with Gasteiger partial charge >= 0.3 is 5.97 Å². The van der Waals surface area contributed by atoms with E-state index in [0.29, 0.717) is 22.6 Å². The van der Waals surface area contributed by atoms with Crippen LogP contribution in [0.4, 0.5) is 5.69 Å². The third-order valence-corrected chi connectivity index (χ3v) is 3.15. The van der Waals surface area contributed by atoms with E-state index in [9.17, 15) is 9.59 Å². The van der Waals surface area contributed by atoms with Crippen LogP contribution in [0.1, 0.15) is 26.3 Å². The minimum absolute atomic E-state index is 0.324. The Hall–Kier alpha value is -2.82. The van der Waals surface area contributed by atoms with Crippen molar-refractivity contribution < 1.29 is 19.1 Å². The second-order valence-electron chi connectivity index (χ2n) is 4.73. The molecular formula is C17H17NO4. The minimum Gasteiger partial charge on any atom is -0.495 e. The predicted molar refractivity (Wildman–Crippen MR) is 83.5 cm³/mol. The van der Waals surface area contributed by atoms with Crippen molar-refractivity contribution in [1.29, 1.82) is 0 Å². The summed E-state index contributed by atoms with van der Waals surface area (Å²) < 4.78 is 9.88. The molecular weight excluding hydrogens is 282 g/mol. The summed E-state index contributed by atoms with van der Waals surface area (Å²) in [6, 6.07) is 11.8. The number of hydrogen-bond acceptors (Lipinski definition) is 4. The Labute approximate surface area is 128 Å². The number of anilines is 1. The normalized spacial score (nSPS) is 9.95. The monoisotopic (exact) mass is 299 g/mol. The number of amides is 1. The van der Waals surface area contributed by atoms with Gasteiger partial charge in [-0.25, -0.2) is 4.79 Å². The van der Waals surface area contributed by atoms with Crippen LogP contribution in [0.3, 0.4) is 0 Å². The predicted octanol–water partition coefficient (Wildman–Crippen LogP) is 3.04. The number of carbonyl (C=O) groups excluding carboxylic acids is 2. The molecule has 0 bridgehead atoms. The minimum atomic E-state index is -0.484. The average Bonchev–Trinajstić information content (AvgIpc) is 2.54. The smallest absolute Gasteiger partial charge is 0.337 e. The van der Waals surface area contributed by atoms with Crippen molar-refractivity contribution in [2.45, 2.75) is 6.92 Å². The summed E-state index contributed by atoms with van der Waals surface area (Å²) in [5, 5.41) is 2.79. The molecule has 0 spiro atoms. The summed E-state index contributed by atoms with van der Waals surface area (Å²) in [6.07, 6.45) is 0. The van der Waals surface area contributed by atoms with Crippen LogP contribution in [-0.4, -0.2) is 26.1 Å². The molecule has 0 saturated heterocycles. The SMILES string of the molecule is COC(=O)c1cccc(C(=O)Nc2cc(C)ccc2OC)c1. The summed E-state index contributed by atoms with van der Waals surface area (Å²) in [7, 11) is 2.84. The maximum atomic E-state index is 12.3. The third kappa shape index (κ3) is 3.44. The van der Waals surface area contributed by atoms with E-state index in [1.165, 1.54) is 20.3 Å². The molecule has 0 saturated carbocycles. The lowest BCUT2D eigenvalue weighted by Gasteiger charge is -2.11. The van der Waals surface area contributed by atoms with Gasteiger partial charge in [-0.3, -0.25) is 4.79 Å². The molecule has 0 aliphatic carbocycles. The zero-order valence-electron chi connectivity index (χ0n) is 12.7. The number of ether oxygens (including phenoxy) is 2. The highest BCUT2D eigenvalue weighted by Crippen LogP contribution is 2.25. The standard InChI is InChI=1S/C17H17NO4/c1-11-7-8-15(21-2)14(9-11)18-16(19)12-5-4-6-13(10-12)17(20)22-3/h4-10H,1-3H3,(H,18,19). The average molecular weight is 299 g/mol. The third-order valence-electron chi connectivity index (χ3n) is 3.15. The van der Waals surface area contributed by atoms with Crippen LogP contribution in [-0.2, 0) is 4.74 Å². The molecule has 0 heterocycles. The Kier molecular flexibility index (Phi) is 4.78. The van der Waals surface area contributed by atoms with E-state index in [0.717, 1.165) is 5.56 Å². The number of hydrogen-bond donors (Lipinski definition) is 1. The van der Waals surface area contributed by atoms with Gasteiger partial charge in [-0.15, -0.1) is 0 Å². The van der Waals surface area contributed by atoms with Crippen LogP contribution in [0.15, 0.2) is 42.5 Å². The Morgan fingerprint density at radius 1 is 1.00 bits per heavy atom. The first-order valence-corrected chi connectivity index (χ1v) is 6.69. The largest absolute Gasteiger partial charge is 0.495 e. The highest BCUT2D eigenvalue weighted by atomic mass is 16.5. The van der Waals surface area contributed by atoms with Gasteiger partial charge in [0, 0.05) is 5.56 Å². The number of esters is 1. The molecule has 5 heteroatoms. The second kappa shape index (κ2) is 6.76. The Morgan fingerprint density at radius 3 is 2.41 bits per heavy atom. The van der Waals surface area contributed by atoms with E-state index in [1.807, 2.05) is 19.1 Å². The first kappa shape index (κ1) is 15.6. The summed E-state index contributed by atoms with van der Waals surface area (Å²) >= 11 is 0. The van der Waals surface area contributed by atoms with Crippen molar-refractivity contribution in [3.8, 4) is 5.75 Å². The quantitative estimate of drug-likeness (QED) is 0.881. The molecule has 0 radical (unpaired) electrons. The fourth-order valence-electron chi connectivity index (χ4n) is 2.02. The summed E-state index contributed by atoms with van der Waals surface area (Å²) in [5.41, 5.74) is 2.27. The van der Waals surface area contributed by atoms with Gasteiger partial charge in [0.1, 0.15) is 5.75 Å². The molecule has 0 aromatic heterocycles. The van der Waals surface area contributed by atoms with Gasteiger partial charge in [0.2, 0.25) is 0 Å². The van der Waals surface area contributed by atoms with Gasteiger partial charge in [-0.1, -0.05) is 12.1 Å². The lowest BCUT2D eigenvalue weighted by Crippen LogP contribution is -2.14. The molecule has 0 fully saturated rings. The topological polar surface area (TPSA) is 64.6 Å². The molecule has 1 amide bonds. The van der Waals surface area contributed by atoms with Crippen molar-refractivity contribution in [2.24, 2.45) is 0 Å². The van der Waals surface area contributed by atoms with Crippen LogP contribution in [0, 0.1) is 6.92 Å². The molecule has 1 N–H and O–H groups in total. The second-order valence-corrected chi connectivity index (χ2v) is 4.73. The number of nitrogens with one attached hydrogen (secondary N) is 1. The Balaban J connectivity index is 2.26. The van der Waals surface area contributed by atoms with E-state index in [4.69, 9.17) is 4.74 Å². The zero-order valence-corrected chi connectivity index (χ0v) is 12.7. The molecule has 0 atom stereocenters. The summed E-state index contributed by atoms with van der Waals surface area (Å²) in [6.45, 7) is 1.92. The molecule has 22 heavy (non-hydrogen) atoms. The lowest BCUT2D eigenvalue weighted by atomic mass is 10.1. The Morgan fingerprint density at radius 2 is 1.73 bits per heavy atom. The zero-order chi connectivity index (χ0) is 16.1. The molecule has 0 unspecified atom stereocenters. The van der Waals surface area contributed by atoms with Gasteiger partial charge in [-0.2, -0.15) is 0 Å². The van der Waals surface area contributed by atoms with Gasteiger partial charge in [0.15, 0.2) is 0 Å². The van der Waals surface area contributed by atoms with Gasteiger partial charge in [0.05, 0.1) is 25.5 Å². The van der Waals surface area contributed by atoms with E-state index in [-0.39, 0.29) is 5.91 Å². The number of methoxy groups -OCH3 is 2. The van der Waals surface area contributed by atoms with Crippen molar-refractivity contribution in [2.75, 3.05) is 19.5 Å². The molecule has 5 nitrogen and oxygen atoms in total. The first-order chi connectivity index (χ1) is 10.5. The molecule has 114 valence electrons. The molecule has 2 aromatic rings. The summed E-state index contributed by atoms with van der Waals surface area (Å²) in [5.74, 6) is -0.236. The first-order valence-electron chi connectivity index (χ1n) is 6.69. The highest BCUT2D eigenvalue weighted by molar-refractivity contribution is 6.06. The van der Waals surface area contributed by atoms with Crippen molar-refractivity contribution in [3.05, 3.63) is 59.2 Å². The van der Waals surface area contributed by atoms with Crippen molar-refractivity contribution >= 4 is 17.6 Å². The maximum absolute atomic E-state index is 12.3. The van der Waals surface area contributed by atoms with Crippen molar-refractivity contribution in [3.63, 3.8) is 0 Å². The molecule has 2 rings (SSSR count). The lowest BCUT2D eigenvalue weighted by molar-refractivity contribution is 0.0600. The fraction of sp³-hybridized carbons (Fsp3) is 0.176. The van der Waals surface area contributed by atoms with Crippen LogP contribution in [0.25, 0.3) is 0 Å². The van der Waals surface area contributed by atoms with E-state index < -0.39 is 5.97 Å². The van der Waals surface area contributed by atoms with E-state index in [2.05, 4.69) is 10.1 Å². The van der Waals surface area contributed by atoms with Crippen LogP contribution in [0.2, 0.25) is 0 Å². The fourth-order valence-corrected chi connectivity index (χ4v) is 2.02. The molecule has 2 aromatic carbocycles. The Bertz CT molecular complexity index is 710. The number of benzene rings is 2. The van der Waals surface area contributed by atoms with E-state index in [1.54, 1.807) is 24.3 Å². The summed E-state index contributed by atoms with van der Waals surface area (Å²) in [4.78, 5) is 23.9. The van der Waals surface area contributed by atoms with E-state index >= 15 is 0 Å². The van der Waals surface area contributed by atoms with Gasteiger partial charge in [0.25, 0.3) is 5.91 Å². The molecule has 0 aliphatic heterocycles. The number of carbonyl (C=O) groups is 2. The van der Waals surface area contributed by atoms with Crippen LogP contribution < -0.4 is 10.1 Å². The van der Waals surface area contributed by atoms with Gasteiger partial charge in [-0.05, 0) is 42.8 Å². The van der Waals surface area contributed by atoms with Gasteiger partial charge < -0.3 is 14.8 Å². The number of aryl methyl sites for hydroxylation is 1. The van der Waals surface area contributed by atoms with Crippen LogP contribution in [0.5, 0.6) is 5.75 Å². The highest BCUT2D eigenvalue weighted by Gasteiger charge is 2.13. The van der Waals surface area contributed by atoms with Crippen LogP contribution >= 0.6 is 0 Å². The van der Waals surface area contributed by atoms with Crippen molar-refractivity contribution in [1.82, 2.24) is 0 Å². The maximum Gasteiger partial charge on any atom is 0.337 e. The molecule has 0 aliphatic rings.